The van der Waals surface area contributed by atoms with E-state index in [0.717, 1.165) is 5.56 Å². The molecule has 0 aliphatic carbocycles. The predicted octanol–water partition coefficient (Wildman–Crippen LogP) is 2.40. The number of halogens is 1. The molecule has 0 spiro atoms. The smallest absolute Gasteiger partial charge is 0.245 e. The number of nitrogens with two attached hydrogens (primary N) is 1. The maximum atomic E-state index is 12.9. The molecule has 3 rings (SSSR count). The lowest BCUT2D eigenvalue weighted by atomic mass is 10.1. The van der Waals surface area contributed by atoms with Crippen LogP contribution in [0, 0.1) is 5.82 Å². The highest BCUT2D eigenvalue weighted by atomic mass is 19.1. The Kier molecular flexibility index (Phi) is 3.22. The second kappa shape index (κ2) is 5.18. The van der Waals surface area contributed by atoms with Crippen molar-refractivity contribution in [1.29, 1.82) is 0 Å². The van der Waals surface area contributed by atoms with E-state index in [2.05, 4.69) is 15.0 Å². The van der Waals surface area contributed by atoms with Crippen LogP contribution < -0.4 is 5.73 Å². The van der Waals surface area contributed by atoms with Crippen LogP contribution in [0.15, 0.2) is 47.3 Å². The van der Waals surface area contributed by atoms with Gasteiger partial charge in [-0.15, -0.1) is 0 Å². The van der Waals surface area contributed by atoms with Gasteiger partial charge in [-0.05, 0) is 24.3 Å². The van der Waals surface area contributed by atoms with Crippen molar-refractivity contribution in [2.45, 2.75) is 6.54 Å². The molecule has 0 unspecified atom stereocenters. The van der Waals surface area contributed by atoms with E-state index in [-0.39, 0.29) is 12.4 Å². The van der Waals surface area contributed by atoms with Gasteiger partial charge in [0.2, 0.25) is 5.89 Å². The molecule has 5 nitrogen and oxygen atoms in total. The van der Waals surface area contributed by atoms with Crippen molar-refractivity contribution in [3.05, 3.63) is 54.3 Å². The van der Waals surface area contributed by atoms with Gasteiger partial charge in [0.15, 0.2) is 5.82 Å². The van der Waals surface area contributed by atoms with Gasteiger partial charge >= 0.3 is 0 Å². The zero-order chi connectivity index (χ0) is 13.9. The Morgan fingerprint density at radius 2 is 1.95 bits per heavy atom. The maximum absolute atomic E-state index is 12.9. The molecule has 0 aliphatic heterocycles. The zero-order valence-corrected chi connectivity index (χ0v) is 10.5. The lowest BCUT2D eigenvalue weighted by molar-refractivity contribution is 0.571. The first-order chi connectivity index (χ1) is 9.78. The summed E-state index contributed by atoms with van der Waals surface area (Å²) in [6.45, 7) is 0.279. The number of aromatic nitrogens is 3. The SMILES string of the molecule is NCc1cnc(-c2ccc(F)cc2)nc1-c1ncco1. The number of hydrogen-bond acceptors (Lipinski definition) is 5. The first kappa shape index (κ1) is 12.4. The molecule has 1 aromatic carbocycles. The average molecular weight is 270 g/mol. The molecule has 2 aromatic heterocycles. The number of rotatable bonds is 3. The summed E-state index contributed by atoms with van der Waals surface area (Å²) in [5.41, 5.74) is 7.66. The number of benzene rings is 1. The van der Waals surface area contributed by atoms with Gasteiger partial charge in [0, 0.05) is 23.9 Å². The van der Waals surface area contributed by atoms with Crippen LogP contribution in [0.5, 0.6) is 0 Å². The van der Waals surface area contributed by atoms with Gasteiger partial charge in [0.1, 0.15) is 17.8 Å². The van der Waals surface area contributed by atoms with Crippen molar-refractivity contribution in [3.63, 3.8) is 0 Å². The Hall–Kier alpha value is -2.60. The molecule has 0 bridgehead atoms. The minimum atomic E-state index is -0.305. The fraction of sp³-hybridized carbons (Fsp3) is 0.0714. The van der Waals surface area contributed by atoms with Crippen LogP contribution >= 0.6 is 0 Å². The summed E-state index contributed by atoms with van der Waals surface area (Å²) < 4.78 is 18.2. The van der Waals surface area contributed by atoms with E-state index in [1.807, 2.05) is 0 Å². The summed E-state index contributed by atoms with van der Waals surface area (Å²) in [7, 11) is 0. The van der Waals surface area contributed by atoms with E-state index >= 15 is 0 Å². The highest BCUT2D eigenvalue weighted by molar-refractivity contribution is 5.60. The van der Waals surface area contributed by atoms with E-state index in [9.17, 15) is 4.39 Å². The van der Waals surface area contributed by atoms with Crippen LogP contribution in [-0.4, -0.2) is 15.0 Å². The van der Waals surface area contributed by atoms with Crippen LogP contribution in [0.4, 0.5) is 4.39 Å². The Bertz CT molecular complexity index is 711. The summed E-state index contributed by atoms with van der Waals surface area (Å²) in [5, 5.41) is 0. The van der Waals surface area contributed by atoms with Gasteiger partial charge in [-0.2, -0.15) is 0 Å². The van der Waals surface area contributed by atoms with Gasteiger partial charge in [0.25, 0.3) is 0 Å². The highest BCUT2D eigenvalue weighted by Crippen LogP contribution is 2.23. The fourth-order valence-electron chi connectivity index (χ4n) is 1.82. The van der Waals surface area contributed by atoms with Crippen LogP contribution in [0.2, 0.25) is 0 Å². The van der Waals surface area contributed by atoms with Gasteiger partial charge < -0.3 is 10.2 Å². The molecule has 0 saturated carbocycles. The molecule has 3 aromatic rings. The van der Waals surface area contributed by atoms with Gasteiger partial charge in [-0.1, -0.05) is 0 Å². The molecular formula is C14H11FN4O. The van der Waals surface area contributed by atoms with E-state index in [0.29, 0.717) is 23.0 Å². The second-order valence-electron chi connectivity index (χ2n) is 4.12. The number of nitrogens with zero attached hydrogens (tertiary/aromatic N) is 3. The minimum Gasteiger partial charge on any atom is -0.443 e. The number of hydrogen-bond donors (Lipinski definition) is 1. The van der Waals surface area contributed by atoms with E-state index < -0.39 is 0 Å². The topological polar surface area (TPSA) is 77.8 Å². The molecule has 0 saturated heterocycles. The standard InChI is InChI=1S/C14H11FN4O/c15-11-3-1-9(2-4-11)13-18-8-10(7-16)12(19-13)14-17-5-6-20-14/h1-6,8H,7,16H2. The van der Waals surface area contributed by atoms with Crippen molar-refractivity contribution in [3.8, 4) is 23.0 Å². The van der Waals surface area contributed by atoms with Crippen molar-refractivity contribution in [2.24, 2.45) is 5.73 Å². The van der Waals surface area contributed by atoms with Crippen molar-refractivity contribution < 1.29 is 8.81 Å². The van der Waals surface area contributed by atoms with Crippen LogP contribution in [-0.2, 0) is 6.54 Å². The molecule has 0 aliphatic rings. The van der Waals surface area contributed by atoms with E-state index in [1.54, 1.807) is 18.3 Å². The molecule has 0 atom stereocenters. The molecular weight excluding hydrogens is 259 g/mol. The monoisotopic (exact) mass is 270 g/mol. The molecule has 2 heterocycles. The van der Waals surface area contributed by atoms with Crippen LogP contribution in [0.25, 0.3) is 23.0 Å². The summed E-state index contributed by atoms with van der Waals surface area (Å²) in [6.07, 6.45) is 4.63. The second-order valence-corrected chi connectivity index (χ2v) is 4.12. The third-order valence-corrected chi connectivity index (χ3v) is 2.82. The Balaban J connectivity index is 2.10. The zero-order valence-electron chi connectivity index (χ0n) is 10.5. The molecule has 100 valence electrons. The summed E-state index contributed by atoms with van der Waals surface area (Å²) in [4.78, 5) is 12.7. The maximum Gasteiger partial charge on any atom is 0.245 e. The summed E-state index contributed by atoms with van der Waals surface area (Å²) in [5.74, 6) is 0.548. The van der Waals surface area contributed by atoms with Gasteiger partial charge in [-0.3, -0.25) is 0 Å². The molecule has 20 heavy (non-hydrogen) atoms. The normalized spacial score (nSPS) is 10.7. The Morgan fingerprint density at radius 3 is 2.60 bits per heavy atom. The first-order valence-electron chi connectivity index (χ1n) is 5.99. The third-order valence-electron chi connectivity index (χ3n) is 2.82. The van der Waals surface area contributed by atoms with E-state index in [4.69, 9.17) is 10.2 Å². The predicted molar refractivity (Wildman–Crippen MR) is 70.8 cm³/mol. The summed E-state index contributed by atoms with van der Waals surface area (Å²) >= 11 is 0. The van der Waals surface area contributed by atoms with Crippen molar-refractivity contribution in [1.82, 2.24) is 15.0 Å². The quantitative estimate of drug-likeness (QED) is 0.790. The molecule has 0 fully saturated rings. The third kappa shape index (κ3) is 2.28. The lowest BCUT2D eigenvalue weighted by Crippen LogP contribution is -2.03. The average Bonchev–Trinajstić information content (AvgIpc) is 3.01. The van der Waals surface area contributed by atoms with Gasteiger partial charge in [-0.25, -0.2) is 19.3 Å². The van der Waals surface area contributed by atoms with E-state index in [1.165, 1.54) is 24.6 Å². The largest absolute Gasteiger partial charge is 0.443 e. The fourth-order valence-corrected chi connectivity index (χ4v) is 1.82. The van der Waals surface area contributed by atoms with Crippen molar-refractivity contribution >= 4 is 0 Å². The molecule has 0 amide bonds. The molecule has 6 heteroatoms. The first-order valence-corrected chi connectivity index (χ1v) is 5.99. The minimum absolute atomic E-state index is 0.279. The van der Waals surface area contributed by atoms with Crippen LogP contribution in [0.3, 0.4) is 0 Å². The Morgan fingerprint density at radius 1 is 1.15 bits per heavy atom. The van der Waals surface area contributed by atoms with Crippen LogP contribution in [0.1, 0.15) is 5.56 Å². The van der Waals surface area contributed by atoms with Gasteiger partial charge in [0.05, 0.1) is 6.20 Å². The lowest BCUT2D eigenvalue weighted by Gasteiger charge is -2.06. The molecule has 2 N–H and O–H groups in total. The Labute approximate surface area is 114 Å². The summed E-state index contributed by atoms with van der Waals surface area (Å²) in [6, 6.07) is 5.96. The van der Waals surface area contributed by atoms with Crippen molar-refractivity contribution in [2.75, 3.05) is 0 Å². The number of oxazole rings is 1. The highest BCUT2D eigenvalue weighted by Gasteiger charge is 2.13. The molecule has 0 radical (unpaired) electrons.